The average Bonchev–Trinajstić information content (AvgIpc) is 3.01. The third-order valence-corrected chi connectivity index (χ3v) is 6.11. The number of carbonyl (C=O) groups is 3. The number of benzene rings is 1. The Kier molecular flexibility index (Phi) is 5.94. The topological polar surface area (TPSA) is 70.6 Å². The standard InChI is InChI=1S/C22H20FN3O3S/c23-17-7-3-5-15(11-17)12-19-21(28)26(22(29)30-19)14-20(27)25-10-2-1-8-18(25)16-6-4-9-24-13-16/h3-7,9,11-13,18H,1-2,8,10,14H2. The van der Waals surface area contributed by atoms with Gasteiger partial charge >= 0.3 is 0 Å². The van der Waals surface area contributed by atoms with Gasteiger partial charge in [0, 0.05) is 18.9 Å². The molecular formula is C22H20FN3O3S. The van der Waals surface area contributed by atoms with E-state index in [2.05, 4.69) is 4.98 Å². The quantitative estimate of drug-likeness (QED) is 0.693. The number of piperidine rings is 1. The smallest absolute Gasteiger partial charge is 0.294 e. The Morgan fingerprint density at radius 3 is 2.87 bits per heavy atom. The fourth-order valence-electron chi connectivity index (χ4n) is 3.76. The number of thioether (sulfide) groups is 1. The molecule has 30 heavy (non-hydrogen) atoms. The van der Waals surface area contributed by atoms with Gasteiger partial charge in [-0.3, -0.25) is 24.3 Å². The maximum atomic E-state index is 13.4. The fourth-order valence-corrected chi connectivity index (χ4v) is 4.60. The number of hydrogen-bond acceptors (Lipinski definition) is 5. The summed E-state index contributed by atoms with van der Waals surface area (Å²) in [5, 5.41) is -0.494. The van der Waals surface area contributed by atoms with Crippen molar-refractivity contribution in [2.75, 3.05) is 13.1 Å². The Morgan fingerprint density at radius 2 is 2.10 bits per heavy atom. The van der Waals surface area contributed by atoms with Crippen LogP contribution in [0, 0.1) is 5.82 Å². The van der Waals surface area contributed by atoms with Crippen molar-refractivity contribution in [2.24, 2.45) is 0 Å². The number of aromatic nitrogens is 1. The van der Waals surface area contributed by atoms with Gasteiger partial charge in [0.1, 0.15) is 12.4 Å². The molecule has 6 nitrogen and oxygen atoms in total. The lowest BCUT2D eigenvalue weighted by Crippen LogP contribution is -2.45. The molecule has 2 saturated heterocycles. The molecule has 1 atom stereocenters. The van der Waals surface area contributed by atoms with E-state index in [1.165, 1.54) is 24.3 Å². The first-order chi connectivity index (χ1) is 14.5. The van der Waals surface area contributed by atoms with E-state index in [0.717, 1.165) is 41.5 Å². The van der Waals surface area contributed by atoms with E-state index in [1.807, 2.05) is 12.1 Å². The van der Waals surface area contributed by atoms with Gasteiger partial charge in [0.05, 0.1) is 10.9 Å². The Hall–Kier alpha value is -3.00. The van der Waals surface area contributed by atoms with Gasteiger partial charge in [-0.15, -0.1) is 0 Å². The van der Waals surface area contributed by atoms with Crippen molar-refractivity contribution in [1.29, 1.82) is 0 Å². The van der Waals surface area contributed by atoms with Gasteiger partial charge < -0.3 is 4.90 Å². The molecule has 3 heterocycles. The highest BCUT2D eigenvalue weighted by Crippen LogP contribution is 2.34. The van der Waals surface area contributed by atoms with Crippen LogP contribution in [0.3, 0.4) is 0 Å². The third-order valence-electron chi connectivity index (χ3n) is 5.21. The van der Waals surface area contributed by atoms with Crippen LogP contribution in [0.5, 0.6) is 0 Å². The summed E-state index contributed by atoms with van der Waals surface area (Å²) in [5.41, 5.74) is 1.44. The van der Waals surface area contributed by atoms with Gasteiger partial charge in [-0.25, -0.2) is 4.39 Å². The molecule has 154 valence electrons. The summed E-state index contributed by atoms with van der Waals surface area (Å²) in [6.07, 6.45) is 7.60. The van der Waals surface area contributed by atoms with Crippen molar-refractivity contribution < 1.29 is 18.8 Å². The van der Waals surface area contributed by atoms with Gasteiger partial charge in [0.2, 0.25) is 5.91 Å². The number of hydrogen-bond donors (Lipinski definition) is 0. The van der Waals surface area contributed by atoms with Crippen LogP contribution in [0.2, 0.25) is 0 Å². The average molecular weight is 425 g/mol. The SMILES string of the molecule is O=C1SC(=Cc2cccc(F)c2)C(=O)N1CC(=O)N1CCCCC1c1cccnc1. The van der Waals surface area contributed by atoms with Gasteiger partial charge in [0.25, 0.3) is 11.1 Å². The van der Waals surface area contributed by atoms with Crippen LogP contribution in [0.25, 0.3) is 6.08 Å². The van der Waals surface area contributed by atoms with E-state index in [4.69, 9.17) is 0 Å². The monoisotopic (exact) mass is 425 g/mol. The minimum atomic E-state index is -0.530. The zero-order chi connectivity index (χ0) is 21.1. The first kappa shape index (κ1) is 20.3. The minimum absolute atomic E-state index is 0.109. The predicted octanol–water partition coefficient (Wildman–Crippen LogP) is 4.01. The molecule has 2 aromatic rings. The fraction of sp³-hybridized carbons (Fsp3) is 0.273. The summed E-state index contributed by atoms with van der Waals surface area (Å²) in [6.45, 7) is 0.273. The summed E-state index contributed by atoms with van der Waals surface area (Å²) in [6, 6.07) is 9.43. The number of carbonyl (C=O) groups excluding carboxylic acids is 3. The van der Waals surface area contributed by atoms with Crippen molar-refractivity contribution in [3.05, 3.63) is 70.6 Å². The molecule has 3 amide bonds. The molecule has 2 aliphatic heterocycles. The summed E-state index contributed by atoms with van der Waals surface area (Å²) >= 11 is 0.764. The summed E-state index contributed by atoms with van der Waals surface area (Å²) in [5.74, 6) is -1.22. The molecule has 8 heteroatoms. The molecule has 1 aromatic heterocycles. The second-order valence-electron chi connectivity index (χ2n) is 7.21. The van der Waals surface area contributed by atoms with Crippen molar-refractivity contribution in [3.63, 3.8) is 0 Å². The van der Waals surface area contributed by atoms with E-state index >= 15 is 0 Å². The number of amides is 3. The molecule has 2 aliphatic rings. The maximum Gasteiger partial charge on any atom is 0.294 e. The number of halogens is 1. The Morgan fingerprint density at radius 1 is 1.23 bits per heavy atom. The van der Waals surface area contributed by atoms with E-state index in [0.29, 0.717) is 12.1 Å². The number of nitrogens with zero attached hydrogens (tertiary/aromatic N) is 3. The van der Waals surface area contributed by atoms with E-state index in [1.54, 1.807) is 23.4 Å². The normalized spacial score (nSPS) is 20.8. The van der Waals surface area contributed by atoms with Gasteiger partial charge in [-0.2, -0.15) is 0 Å². The van der Waals surface area contributed by atoms with Crippen LogP contribution in [0.15, 0.2) is 53.7 Å². The van der Waals surface area contributed by atoms with Crippen LogP contribution >= 0.6 is 11.8 Å². The molecule has 1 unspecified atom stereocenters. The Balaban J connectivity index is 1.49. The predicted molar refractivity (Wildman–Crippen MR) is 112 cm³/mol. The lowest BCUT2D eigenvalue weighted by molar-refractivity contribution is -0.138. The van der Waals surface area contributed by atoms with Crippen LogP contribution < -0.4 is 0 Å². The Labute approximate surface area is 177 Å². The summed E-state index contributed by atoms with van der Waals surface area (Å²) in [4.78, 5) is 45.2. The molecule has 0 N–H and O–H groups in total. The van der Waals surface area contributed by atoms with Crippen LogP contribution in [0.4, 0.5) is 9.18 Å². The van der Waals surface area contributed by atoms with Crippen molar-refractivity contribution >= 4 is 34.9 Å². The van der Waals surface area contributed by atoms with Gasteiger partial charge in [-0.1, -0.05) is 18.2 Å². The number of imide groups is 1. The van der Waals surface area contributed by atoms with E-state index in [-0.39, 0.29) is 23.4 Å². The molecule has 0 radical (unpaired) electrons. The number of rotatable bonds is 4. The lowest BCUT2D eigenvalue weighted by Gasteiger charge is -2.36. The zero-order valence-corrected chi connectivity index (χ0v) is 17.0. The van der Waals surface area contributed by atoms with Gasteiger partial charge in [0.15, 0.2) is 0 Å². The molecule has 2 fully saturated rings. The van der Waals surface area contributed by atoms with Crippen molar-refractivity contribution in [3.8, 4) is 0 Å². The second-order valence-corrected chi connectivity index (χ2v) is 8.20. The molecule has 0 spiro atoms. The van der Waals surface area contributed by atoms with Crippen LogP contribution in [-0.2, 0) is 9.59 Å². The largest absolute Gasteiger partial charge is 0.334 e. The first-order valence-corrected chi connectivity index (χ1v) is 10.5. The Bertz CT molecular complexity index is 1010. The van der Waals surface area contributed by atoms with Crippen LogP contribution in [0.1, 0.15) is 36.4 Å². The maximum absolute atomic E-state index is 13.4. The number of likely N-dealkylation sites (tertiary alicyclic amines) is 1. The highest BCUT2D eigenvalue weighted by Gasteiger charge is 2.38. The highest BCUT2D eigenvalue weighted by atomic mass is 32.2. The summed E-state index contributed by atoms with van der Waals surface area (Å²) < 4.78 is 13.4. The molecule has 4 rings (SSSR count). The lowest BCUT2D eigenvalue weighted by atomic mass is 9.96. The van der Waals surface area contributed by atoms with E-state index < -0.39 is 17.0 Å². The molecular weight excluding hydrogens is 405 g/mol. The molecule has 0 saturated carbocycles. The minimum Gasteiger partial charge on any atom is -0.334 e. The summed E-state index contributed by atoms with van der Waals surface area (Å²) in [7, 11) is 0. The third kappa shape index (κ3) is 4.28. The first-order valence-electron chi connectivity index (χ1n) is 9.73. The van der Waals surface area contributed by atoms with Crippen molar-refractivity contribution in [2.45, 2.75) is 25.3 Å². The second kappa shape index (κ2) is 8.79. The van der Waals surface area contributed by atoms with Crippen LogP contribution in [-0.4, -0.2) is 44.9 Å². The zero-order valence-electron chi connectivity index (χ0n) is 16.2. The van der Waals surface area contributed by atoms with E-state index in [9.17, 15) is 18.8 Å². The van der Waals surface area contributed by atoms with Crippen molar-refractivity contribution in [1.82, 2.24) is 14.8 Å². The molecule has 1 aromatic carbocycles. The highest BCUT2D eigenvalue weighted by molar-refractivity contribution is 8.18. The molecule has 0 aliphatic carbocycles. The number of pyridine rings is 1. The molecule has 0 bridgehead atoms. The van der Waals surface area contributed by atoms with Gasteiger partial charge in [-0.05, 0) is 66.4 Å².